The van der Waals surface area contributed by atoms with Crippen LogP contribution < -0.4 is 4.90 Å². The quantitative estimate of drug-likeness (QED) is 0.666. The lowest BCUT2D eigenvalue weighted by Crippen LogP contribution is -2.37. The molecule has 2 aliphatic heterocycles. The molecule has 7 nitrogen and oxygen atoms in total. The van der Waals surface area contributed by atoms with Gasteiger partial charge >= 0.3 is 0 Å². The van der Waals surface area contributed by atoms with Gasteiger partial charge in [0.1, 0.15) is 11.8 Å². The van der Waals surface area contributed by atoms with Crippen molar-refractivity contribution in [2.75, 3.05) is 37.7 Å². The smallest absolute Gasteiger partial charge is 0.182 e. The third-order valence-corrected chi connectivity index (χ3v) is 7.30. The van der Waals surface area contributed by atoms with Crippen LogP contribution in [-0.2, 0) is 11.2 Å². The number of allylic oxidation sites excluding steroid dienone is 2. The summed E-state index contributed by atoms with van der Waals surface area (Å²) in [7, 11) is 0. The number of H-pyrrole nitrogens is 1. The monoisotopic (exact) mass is 430 g/mol. The van der Waals surface area contributed by atoms with E-state index in [2.05, 4.69) is 60.1 Å². The summed E-state index contributed by atoms with van der Waals surface area (Å²) in [6.07, 6.45) is 11.7. The van der Waals surface area contributed by atoms with Gasteiger partial charge in [0.05, 0.1) is 19.5 Å². The average Bonchev–Trinajstić information content (AvgIpc) is 3.52. The molecule has 2 aromatic heterocycles. The van der Waals surface area contributed by atoms with Gasteiger partial charge in [-0.05, 0) is 36.8 Å². The van der Waals surface area contributed by atoms with Crippen molar-refractivity contribution in [2.45, 2.75) is 44.1 Å². The van der Waals surface area contributed by atoms with Gasteiger partial charge in [-0.1, -0.05) is 30.3 Å². The molecule has 1 aromatic carbocycles. The highest BCUT2D eigenvalue weighted by Gasteiger charge is 2.30. The zero-order chi connectivity index (χ0) is 21.3. The molecule has 0 saturated carbocycles. The lowest BCUT2D eigenvalue weighted by atomic mass is 9.82. The molecule has 2 fully saturated rings. The van der Waals surface area contributed by atoms with Crippen molar-refractivity contribution in [3.63, 3.8) is 0 Å². The van der Waals surface area contributed by atoms with Crippen LogP contribution in [0.1, 0.15) is 42.7 Å². The number of nitrogens with one attached hydrogen (secondary N) is 1. The predicted octanol–water partition coefficient (Wildman–Crippen LogP) is 3.66. The second-order valence-corrected chi connectivity index (χ2v) is 9.10. The Bertz CT molecular complexity index is 1120. The molecule has 4 heterocycles. The molecule has 6 rings (SSSR count). The van der Waals surface area contributed by atoms with Crippen molar-refractivity contribution in [1.29, 1.82) is 0 Å². The lowest BCUT2D eigenvalue weighted by Gasteiger charge is -2.35. The number of aromatic nitrogens is 4. The maximum atomic E-state index is 5.59. The standard InChI is InChI=1S/C25H30N6O/c1-2-6-22-18(4-1)14-21(30-10-12-32-13-11-30)15-19(22)7-8-20-5-3-9-31(20)25-23-24(27-16-26-23)28-17-29-25/h1-2,4,6,15-17,19-20H,3,5,7-14H2,(H,26,27,28,29)/t19?,20-/m0/s1. The average molecular weight is 431 g/mol. The SMILES string of the molecule is C1=C(N2CCOCC2)Cc2ccccc2C1CC[C@@H]1CCCN1c1ncnc2nc[nH]c12. The summed E-state index contributed by atoms with van der Waals surface area (Å²) in [5.74, 6) is 1.47. The van der Waals surface area contributed by atoms with E-state index in [-0.39, 0.29) is 0 Å². The highest BCUT2D eigenvalue weighted by atomic mass is 16.5. The van der Waals surface area contributed by atoms with Crippen molar-refractivity contribution in [2.24, 2.45) is 0 Å². The summed E-state index contributed by atoms with van der Waals surface area (Å²) >= 11 is 0. The third kappa shape index (κ3) is 3.64. The Hall–Kier alpha value is -2.93. The number of fused-ring (bicyclic) bond motifs is 2. The summed E-state index contributed by atoms with van der Waals surface area (Å²) in [5.41, 5.74) is 6.18. The van der Waals surface area contributed by atoms with Gasteiger partial charge < -0.3 is 19.5 Å². The summed E-state index contributed by atoms with van der Waals surface area (Å²) in [5, 5.41) is 0. The van der Waals surface area contributed by atoms with Gasteiger partial charge in [-0.2, -0.15) is 0 Å². The fourth-order valence-electron chi connectivity index (χ4n) is 5.70. The van der Waals surface area contributed by atoms with E-state index in [4.69, 9.17) is 4.74 Å². The molecule has 2 atom stereocenters. The molecule has 0 spiro atoms. The van der Waals surface area contributed by atoms with Gasteiger partial charge in [0.2, 0.25) is 0 Å². The van der Waals surface area contributed by atoms with E-state index in [1.807, 2.05) is 0 Å². The van der Waals surface area contributed by atoms with Crippen LogP contribution in [0.3, 0.4) is 0 Å². The van der Waals surface area contributed by atoms with E-state index >= 15 is 0 Å². The second-order valence-electron chi connectivity index (χ2n) is 9.10. The Labute approximate surface area is 188 Å². The molecule has 1 N–H and O–H groups in total. The molecule has 2 saturated heterocycles. The Morgan fingerprint density at radius 2 is 1.94 bits per heavy atom. The van der Waals surface area contributed by atoms with Crippen molar-refractivity contribution in [1.82, 2.24) is 24.8 Å². The first-order chi connectivity index (χ1) is 15.9. The maximum absolute atomic E-state index is 5.59. The highest BCUT2D eigenvalue weighted by Crippen LogP contribution is 2.37. The normalized spacial score (nSPS) is 23.4. The molecular weight excluding hydrogens is 400 g/mol. The number of anilines is 1. The Kier molecular flexibility index (Phi) is 5.27. The molecule has 1 unspecified atom stereocenters. The van der Waals surface area contributed by atoms with Crippen molar-refractivity contribution in [3.8, 4) is 0 Å². The van der Waals surface area contributed by atoms with Gasteiger partial charge in [0.25, 0.3) is 0 Å². The number of hydrogen-bond acceptors (Lipinski definition) is 6. The number of hydrogen-bond donors (Lipinski definition) is 1. The minimum atomic E-state index is 0.470. The number of ether oxygens (including phenoxy) is 1. The van der Waals surface area contributed by atoms with E-state index in [1.54, 1.807) is 12.7 Å². The van der Waals surface area contributed by atoms with E-state index in [0.717, 1.165) is 69.1 Å². The number of morpholine rings is 1. The van der Waals surface area contributed by atoms with Crippen LogP contribution in [0, 0.1) is 0 Å². The van der Waals surface area contributed by atoms with E-state index in [0.29, 0.717) is 12.0 Å². The van der Waals surface area contributed by atoms with Gasteiger partial charge in [0.15, 0.2) is 11.5 Å². The molecule has 1 aliphatic carbocycles. The number of imidazole rings is 1. The highest BCUT2D eigenvalue weighted by molar-refractivity contribution is 5.83. The fourth-order valence-corrected chi connectivity index (χ4v) is 5.70. The number of benzene rings is 1. The van der Waals surface area contributed by atoms with E-state index < -0.39 is 0 Å². The molecular formula is C25H30N6O. The number of rotatable bonds is 5. The van der Waals surface area contributed by atoms with Crippen LogP contribution >= 0.6 is 0 Å². The van der Waals surface area contributed by atoms with Crippen LogP contribution in [-0.4, -0.2) is 63.7 Å². The van der Waals surface area contributed by atoms with Crippen LogP contribution in [0.5, 0.6) is 0 Å². The Balaban J connectivity index is 1.23. The molecule has 3 aromatic rings. The minimum Gasteiger partial charge on any atom is -0.378 e. The molecule has 3 aliphatic rings. The lowest BCUT2D eigenvalue weighted by molar-refractivity contribution is 0.0521. The zero-order valence-corrected chi connectivity index (χ0v) is 18.4. The van der Waals surface area contributed by atoms with Crippen LogP contribution in [0.4, 0.5) is 5.82 Å². The summed E-state index contributed by atoms with van der Waals surface area (Å²) < 4.78 is 5.59. The molecule has 166 valence electrons. The van der Waals surface area contributed by atoms with Crippen LogP contribution in [0.25, 0.3) is 11.2 Å². The van der Waals surface area contributed by atoms with Crippen molar-refractivity contribution >= 4 is 17.0 Å². The summed E-state index contributed by atoms with van der Waals surface area (Å²) in [4.78, 5) is 21.5. The van der Waals surface area contributed by atoms with Gasteiger partial charge in [0, 0.05) is 43.7 Å². The molecule has 0 amide bonds. The fraction of sp³-hybridized carbons (Fsp3) is 0.480. The number of aromatic amines is 1. The largest absolute Gasteiger partial charge is 0.378 e. The van der Waals surface area contributed by atoms with Crippen LogP contribution in [0.2, 0.25) is 0 Å². The van der Waals surface area contributed by atoms with E-state index in [9.17, 15) is 0 Å². The van der Waals surface area contributed by atoms with Gasteiger partial charge in [-0.3, -0.25) is 0 Å². The first-order valence-electron chi connectivity index (χ1n) is 11.9. The second kappa shape index (κ2) is 8.54. The van der Waals surface area contributed by atoms with Gasteiger partial charge in [-0.15, -0.1) is 0 Å². The van der Waals surface area contributed by atoms with Crippen molar-refractivity contribution < 1.29 is 4.74 Å². The number of nitrogens with zero attached hydrogens (tertiary/aromatic N) is 5. The predicted molar refractivity (Wildman–Crippen MR) is 125 cm³/mol. The molecule has 7 heteroatoms. The topological polar surface area (TPSA) is 70.2 Å². The van der Waals surface area contributed by atoms with Crippen LogP contribution in [0.15, 0.2) is 48.7 Å². The van der Waals surface area contributed by atoms with E-state index in [1.165, 1.54) is 29.7 Å². The Morgan fingerprint density at radius 3 is 2.88 bits per heavy atom. The first-order valence-corrected chi connectivity index (χ1v) is 11.9. The summed E-state index contributed by atoms with van der Waals surface area (Å²) in [6, 6.07) is 9.52. The molecule has 0 bridgehead atoms. The third-order valence-electron chi connectivity index (χ3n) is 7.30. The van der Waals surface area contributed by atoms with Gasteiger partial charge in [-0.25, -0.2) is 15.0 Å². The molecule has 32 heavy (non-hydrogen) atoms. The minimum absolute atomic E-state index is 0.470. The first kappa shape index (κ1) is 19.7. The van der Waals surface area contributed by atoms with Crippen molar-refractivity contribution in [3.05, 3.63) is 59.8 Å². The maximum Gasteiger partial charge on any atom is 0.182 e. The molecule has 0 radical (unpaired) electrons. The summed E-state index contributed by atoms with van der Waals surface area (Å²) in [6.45, 7) is 4.73. The zero-order valence-electron chi connectivity index (χ0n) is 18.4. The Morgan fingerprint density at radius 1 is 1.03 bits per heavy atom.